The summed E-state index contributed by atoms with van der Waals surface area (Å²) in [5.74, 6) is 0.443. The topological polar surface area (TPSA) is 84.7 Å². The van der Waals surface area contributed by atoms with E-state index in [9.17, 15) is 4.79 Å². The number of rotatable bonds is 4. The first-order valence-corrected chi connectivity index (χ1v) is 9.47. The predicted octanol–water partition coefficient (Wildman–Crippen LogP) is 4.66. The number of carbonyl (C=O) groups is 1. The number of nitrogens with zero attached hydrogens (tertiary/aromatic N) is 4. The summed E-state index contributed by atoms with van der Waals surface area (Å²) in [6.07, 6.45) is 5.17. The van der Waals surface area contributed by atoms with Crippen molar-refractivity contribution in [3.63, 3.8) is 0 Å². The summed E-state index contributed by atoms with van der Waals surface area (Å²) in [5, 5.41) is 11.6. The Bertz CT molecular complexity index is 1190. The molecule has 0 fully saturated rings. The van der Waals surface area contributed by atoms with Crippen molar-refractivity contribution in [2.45, 2.75) is 19.9 Å². The third kappa shape index (κ3) is 4.20. The molecule has 4 aromatic rings. The van der Waals surface area contributed by atoms with Gasteiger partial charge in [-0.2, -0.15) is 5.10 Å². The zero-order valence-electron chi connectivity index (χ0n) is 15.9. The van der Waals surface area contributed by atoms with E-state index in [1.54, 1.807) is 35.4 Å². The van der Waals surface area contributed by atoms with E-state index in [0.29, 0.717) is 10.8 Å². The second kappa shape index (κ2) is 7.89. The fourth-order valence-electron chi connectivity index (χ4n) is 3.07. The van der Waals surface area contributed by atoms with Gasteiger partial charge in [0.25, 0.3) is 0 Å². The molecule has 146 valence electrons. The quantitative estimate of drug-likeness (QED) is 0.516. The maximum atomic E-state index is 12.4. The zero-order chi connectivity index (χ0) is 20.4. The third-order valence-electron chi connectivity index (χ3n) is 4.52. The summed E-state index contributed by atoms with van der Waals surface area (Å²) in [6, 6.07) is 12.5. The average Bonchev–Trinajstić information content (AvgIpc) is 3.11. The van der Waals surface area contributed by atoms with Gasteiger partial charge in [-0.1, -0.05) is 23.7 Å². The minimum absolute atomic E-state index is 0.199. The second-order valence-corrected chi connectivity index (χ2v) is 7.15. The van der Waals surface area contributed by atoms with Crippen molar-refractivity contribution in [1.82, 2.24) is 25.1 Å². The molecule has 2 amide bonds. The standard InChI is InChI=1S/C21H19ClN6O/c1-13-8-18(6-7-23-13)28-19-12-24-20(10-16(19)11-25-28)27-21(29)26-14(2)15-4-3-5-17(22)9-15/h3-12,14H,1-2H3,(H2,24,26,27,29). The van der Waals surface area contributed by atoms with E-state index < -0.39 is 0 Å². The van der Waals surface area contributed by atoms with Gasteiger partial charge in [-0.15, -0.1) is 0 Å². The Morgan fingerprint density at radius 3 is 2.79 bits per heavy atom. The number of nitrogens with one attached hydrogen (secondary N) is 2. The monoisotopic (exact) mass is 406 g/mol. The number of hydrogen-bond acceptors (Lipinski definition) is 4. The Hall–Kier alpha value is -3.45. The highest BCUT2D eigenvalue weighted by atomic mass is 35.5. The molecule has 2 N–H and O–H groups in total. The molecule has 7 nitrogen and oxygen atoms in total. The van der Waals surface area contributed by atoms with Crippen LogP contribution < -0.4 is 10.6 Å². The number of aryl methyl sites for hydroxylation is 1. The van der Waals surface area contributed by atoms with Crippen molar-refractivity contribution in [2.75, 3.05) is 5.32 Å². The minimum atomic E-state index is -0.346. The second-order valence-electron chi connectivity index (χ2n) is 6.72. The summed E-state index contributed by atoms with van der Waals surface area (Å²) in [6.45, 7) is 3.82. The van der Waals surface area contributed by atoms with Gasteiger partial charge in [0, 0.05) is 22.3 Å². The fourth-order valence-corrected chi connectivity index (χ4v) is 3.27. The predicted molar refractivity (Wildman–Crippen MR) is 113 cm³/mol. The molecular formula is C21H19ClN6O. The molecule has 0 spiro atoms. The SMILES string of the molecule is Cc1cc(-n2ncc3cc(NC(=O)NC(C)c4cccc(Cl)c4)ncc32)ccn1. The van der Waals surface area contributed by atoms with E-state index in [4.69, 9.17) is 11.6 Å². The Kier molecular flexibility index (Phi) is 5.14. The molecule has 4 rings (SSSR count). The van der Waals surface area contributed by atoms with Gasteiger partial charge in [-0.25, -0.2) is 14.5 Å². The van der Waals surface area contributed by atoms with Gasteiger partial charge < -0.3 is 5.32 Å². The van der Waals surface area contributed by atoms with Crippen LogP contribution in [0.2, 0.25) is 5.02 Å². The van der Waals surface area contributed by atoms with E-state index in [0.717, 1.165) is 27.8 Å². The lowest BCUT2D eigenvalue weighted by atomic mass is 10.1. The first-order valence-electron chi connectivity index (χ1n) is 9.09. The number of pyridine rings is 2. The van der Waals surface area contributed by atoms with Crippen molar-refractivity contribution < 1.29 is 4.79 Å². The van der Waals surface area contributed by atoms with Crippen molar-refractivity contribution in [2.24, 2.45) is 0 Å². The average molecular weight is 407 g/mol. The van der Waals surface area contributed by atoms with Crippen molar-refractivity contribution in [3.8, 4) is 5.69 Å². The molecule has 29 heavy (non-hydrogen) atoms. The molecule has 0 aliphatic carbocycles. The normalized spacial score (nSPS) is 12.0. The van der Waals surface area contributed by atoms with Crippen LogP contribution in [0.3, 0.4) is 0 Å². The van der Waals surface area contributed by atoms with Crippen LogP contribution >= 0.6 is 11.6 Å². The summed E-state index contributed by atoms with van der Waals surface area (Å²) >= 11 is 6.02. The molecule has 1 unspecified atom stereocenters. The van der Waals surface area contributed by atoms with Gasteiger partial charge in [0.05, 0.1) is 29.6 Å². The Balaban J connectivity index is 1.49. The van der Waals surface area contributed by atoms with Crippen LogP contribution in [0.5, 0.6) is 0 Å². The third-order valence-corrected chi connectivity index (χ3v) is 4.75. The first kappa shape index (κ1) is 18.9. The zero-order valence-corrected chi connectivity index (χ0v) is 16.7. The van der Waals surface area contributed by atoms with Gasteiger partial charge >= 0.3 is 6.03 Å². The molecular weight excluding hydrogens is 388 g/mol. The molecule has 0 radical (unpaired) electrons. The lowest BCUT2D eigenvalue weighted by molar-refractivity contribution is 0.249. The summed E-state index contributed by atoms with van der Waals surface area (Å²) in [5.41, 5.74) is 3.57. The molecule has 3 heterocycles. The van der Waals surface area contributed by atoms with Gasteiger partial charge in [-0.3, -0.25) is 10.3 Å². The van der Waals surface area contributed by atoms with Crippen LogP contribution in [0, 0.1) is 6.92 Å². The number of urea groups is 1. The Labute approximate surface area is 172 Å². The summed E-state index contributed by atoms with van der Waals surface area (Å²) < 4.78 is 1.79. The highest BCUT2D eigenvalue weighted by Gasteiger charge is 2.12. The van der Waals surface area contributed by atoms with Gasteiger partial charge in [0.1, 0.15) is 5.82 Å². The molecule has 1 atom stereocenters. The number of amides is 2. The molecule has 0 saturated carbocycles. The van der Waals surface area contributed by atoms with Gasteiger partial charge in [0.2, 0.25) is 0 Å². The molecule has 0 aliphatic rings. The number of fused-ring (bicyclic) bond motifs is 1. The molecule has 0 aliphatic heterocycles. The first-order chi connectivity index (χ1) is 14.0. The smallest absolute Gasteiger partial charge is 0.320 e. The van der Waals surface area contributed by atoms with Crippen LogP contribution in [0.15, 0.2) is 61.1 Å². The van der Waals surface area contributed by atoms with Crippen LogP contribution in [0.1, 0.15) is 24.2 Å². The maximum absolute atomic E-state index is 12.4. The largest absolute Gasteiger partial charge is 0.331 e. The summed E-state index contributed by atoms with van der Waals surface area (Å²) in [7, 11) is 0. The van der Waals surface area contributed by atoms with Crippen LogP contribution in [-0.2, 0) is 0 Å². The van der Waals surface area contributed by atoms with Crippen molar-refractivity contribution in [3.05, 3.63) is 77.3 Å². The number of hydrogen-bond donors (Lipinski definition) is 2. The number of anilines is 1. The van der Waals surface area contributed by atoms with Gasteiger partial charge in [0.15, 0.2) is 0 Å². The van der Waals surface area contributed by atoms with E-state index in [2.05, 4.69) is 25.7 Å². The molecule has 0 saturated heterocycles. The van der Waals surface area contributed by atoms with Crippen LogP contribution in [0.25, 0.3) is 16.6 Å². The van der Waals surface area contributed by atoms with E-state index in [1.807, 2.05) is 44.2 Å². The fraction of sp³-hybridized carbons (Fsp3) is 0.143. The van der Waals surface area contributed by atoms with Crippen molar-refractivity contribution >= 4 is 34.4 Å². The highest BCUT2D eigenvalue weighted by Crippen LogP contribution is 2.21. The Morgan fingerprint density at radius 1 is 1.14 bits per heavy atom. The van der Waals surface area contributed by atoms with Gasteiger partial charge in [-0.05, 0) is 49.7 Å². The van der Waals surface area contributed by atoms with E-state index in [1.165, 1.54) is 0 Å². The number of carbonyl (C=O) groups excluding carboxylic acids is 1. The summed E-state index contributed by atoms with van der Waals surface area (Å²) in [4.78, 5) is 20.9. The number of benzene rings is 1. The molecule has 0 bridgehead atoms. The lowest BCUT2D eigenvalue weighted by Gasteiger charge is -2.15. The lowest BCUT2D eigenvalue weighted by Crippen LogP contribution is -2.31. The van der Waals surface area contributed by atoms with Crippen LogP contribution in [0.4, 0.5) is 10.6 Å². The Morgan fingerprint density at radius 2 is 2.00 bits per heavy atom. The maximum Gasteiger partial charge on any atom is 0.320 e. The molecule has 3 aromatic heterocycles. The van der Waals surface area contributed by atoms with E-state index in [-0.39, 0.29) is 12.1 Å². The van der Waals surface area contributed by atoms with Crippen molar-refractivity contribution in [1.29, 1.82) is 0 Å². The minimum Gasteiger partial charge on any atom is -0.331 e. The van der Waals surface area contributed by atoms with E-state index >= 15 is 0 Å². The number of halogens is 1. The van der Waals surface area contributed by atoms with Crippen LogP contribution in [-0.4, -0.2) is 25.8 Å². The molecule has 1 aromatic carbocycles. The number of aromatic nitrogens is 4. The molecule has 8 heteroatoms. The highest BCUT2D eigenvalue weighted by molar-refractivity contribution is 6.30.